The van der Waals surface area contributed by atoms with Gasteiger partial charge in [0.15, 0.2) is 0 Å². The van der Waals surface area contributed by atoms with Crippen LogP contribution >= 0.6 is 0 Å². The van der Waals surface area contributed by atoms with E-state index in [2.05, 4.69) is 18.2 Å². The Labute approximate surface area is 218 Å². The lowest BCUT2D eigenvalue weighted by Crippen LogP contribution is -2.06. The molecule has 0 saturated carbocycles. The zero-order chi connectivity index (χ0) is 25.8. The molecule has 0 saturated heterocycles. The average molecular weight is 496 g/mol. The average Bonchev–Trinajstić information content (AvgIpc) is 3.32. The first-order valence-electron chi connectivity index (χ1n) is 12.6. The van der Waals surface area contributed by atoms with Crippen molar-refractivity contribution in [1.82, 2.24) is 4.98 Å². The highest BCUT2D eigenvalue weighted by atomic mass is 19.1. The van der Waals surface area contributed by atoms with Gasteiger partial charge >= 0.3 is 5.63 Å². The van der Waals surface area contributed by atoms with Gasteiger partial charge in [-0.1, -0.05) is 66.7 Å². The lowest BCUT2D eigenvalue weighted by molar-refractivity contribution is 0.562. The molecule has 0 bridgehead atoms. The number of benzene rings is 4. The molecule has 0 aliphatic heterocycles. The van der Waals surface area contributed by atoms with Gasteiger partial charge in [-0.2, -0.15) is 0 Å². The van der Waals surface area contributed by atoms with Gasteiger partial charge in [0, 0.05) is 22.9 Å². The second-order valence-electron chi connectivity index (χ2n) is 9.69. The van der Waals surface area contributed by atoms with Crippen LogP contribution in [0.3, 0.4) is 0 Å². The quantitative estimate of drug-likeness (QED) is 0.232. The summed E-state index contributed by atoms with van der Waals surface area (Å²) in [5.41, 5.74) is 10.7. The number of halogens is 1. The number of hydrogen-bond acceptors (Lipinski definition) is 3. The molecule has 0 N–H and O–H groups in total. The van der Waals surface area contributed by atoms with Crippen LogP contribution < -0.4 is 5.63 Å². The topological polar surface area (TPSA) is 43.1 Å². The highest BCUT2D eigenvalue weighted by Gasteiger charge is 2.25. The molecule has 38 heavy (non-hydrogen) atoms. The molecule has 0 fully saturated rings. The molecule has 4 aromatic carbocycles. The van der Waals surface area contributed by atoms with Crippen molar-refractivity contribution < 1.29 is 8.81 Å². The first kappa shape index (κ1) is 22.4. The van der Waals surface area contributed by atoms with Crippen molar-refractivity contribution in [3.63, 3.8) is 0 Å². The molecule has 2 aromatic heterocycles. The lowest BCUT2D eigenvalue weighted by atomic mass is 9.95. The Morgan fingerprint density at radius 1 is 0.763 bits per heavy atom. The largest absolute Gasteiger partial charge is 0.422 e. The highest BCUT2D eigenvalue weighted by Crippen LogP contribution is 2.42. The minimum atomic E-state index is -0.347. The molecule has 0 atom stereocenters. The van der Waals surface area contributed by atoms with E-state index in [9.17, 15) is 9.18 Å². The van der Waals surface area contributed by atoms with Crippen LogP contribution in [0.5, 0.6) is 0 Å². The second kappa shape index (κ2) is 8.63. The third kappa shape index (κ3) is 3.57. The van der Waals surface area contributed by atoms with Crippen molar-refractivity contribution in [2.24, 2.45) is 0 Å². The van der Waals surface area contributed by atoms with E-state index in [1.165, 1.54) is 17.7 Å². The Morgan fingerprint density at radius 3 is 2.32 bits per heavy atom. The Morgan fingerprint density at radius 2 is 1.50 bits per heavy atom. The lowest BCUT2D eigenvalue weighted by Gasteiger charge is -2.14. The normalized spacial score (nSPS) is 11.9. The molecule has 7 rings (SSSR count). The van der Waals surface area contributed by atoms with E-state index >= 15 is 0 Å². The van der Waals surface area contributed by atoms with Crippen LogP contribution in [0.4, 0.5) is 4.39 Å². The van der Waals surface area contributed by atoms with Gasteiger partial charge in [0.25, 0.3) is 0 Å². The summed E-state index contributed by atoms with van der Waals surface area (Å²) in [6.07, 6.45) is 0.786. The zero-order valence-electron chi connectivity index (χ0n) is 20.7. The van der Waals surface area contributed by atoms with Gasteiger partial charge in [0.1, 0.15) is 11.4 Å². The van der Waals surface area contributed by atoms with Crippen LogP contribution in [0.1, 0.15) is 16.7 Å². The summed E-state index contributed by atoms with van der Waals surface area (Å²) >= 11 is 0. The van der Waals surface area contributed by atoms with Crippen LogP contribution in [0.25, 0.3) is 55.7 Å². The number of hydrogen-bond donors (Lipinski definition) is 0. The number of aryl methyl sites for hydroxylation is 1. The van der Waals surface area contributed by atoms with Crippen LogP contribution in [-0.2, 0) is 6.42 Å². The minimum Gasteiger partial charge on any atom is -0.422 e. The van der Waals surface area contributed by atoms with Crippen LogP contribution in [0.2, 0.25) is 0 Å². The maximum atomic E-state index is 13.8. The van der Waals surface area contributed by atoms with Gasteiger partial charge in [-0.05, 0) is 76.7 Å². The summed E-state index contributed by atoms with van der Waals surface area (Å²) < 4.78 is 19.5. The van der Waals surface area contributed by atoms with Gasteiger partial charge in [-0.25, -0.2) is 14.2 Å². The van der Waals surface area contributed by atoms with E-state index in [4.69, 9.17) is 9.40 Å². The predicted octanol–water partition coefficient (Wildman–Crippen LogP) is 8.21. The van der Waals surface area contributed by atoms with Gasteiger partial charge in [-0.3, -0.25) is 0 Å². The van der Waals surface area contributed by atoms with Gasteiger partial charge in [-0.15, -0.1) is 0 Å². The van der Waals surface area contributed by atoms with E-state index in [0.717, 1.165) is 62.1 Å². The smallest absolute Gasteiger partial charge is 0.344 e. The maximum absolute atomic E-state index is 13.8. The molecule has 2 heterocycles. The SMILES string of the molecule is Cc1c(-c2ccccc2)c(=O)oc2ccc(-c3cc(-c4ccc(F)cc4)c4c(n3)-c3ccccc3C4)cc12. The summed E-state index contributed by atoms with van der Waals surface area (Å²) in [7, 11) is 0. The second-order valence-corrected chi connectivity index (χ2v) is 9.69. The molecule has 4 heteroatoms. The van der Waals surface area contributed by atoms with Crippen molar-refractivity contribution in [3.8, 4) is 44.8 Å². The van der Waals surface area contributed by atoms with Crippen molar-refractivity contribution in [2.75, 3.05) is 0 Å². The summed E-state index contributed by atoms with van der Waals surface area (Å²) in [6.45, 7) is 1.96. The number of nitrogens with zero attached hydrogens (tertiary/aromatic N) is 1. The standard InChI is InChI=1S/C34H22FNO2/c1-20-27-18-24(13-16-31(27)38-34(37)32(20)22-7-3-2-4-8-22)30-19-28(21-11-14-25(35)15-12-21)29-17-23-9-5-6-10-26(23)33(29)36-30/h2-16,18-19H,17H2,1H3. The van der Waals surface area contributed by atoms with E-state index < -0.39 is 0 Å². The van der Waals surface area contributed by atoms with E-state index in [1.807, 2.05) is 79.7 Å². The first-order chi connectivity index (χ1) is 18.6. The molecular weight excluding hydrogens is 473 g/mol. The molecular formula is C34H22FNO2. The van der Waals surface area contributed by atoms with Gasteiger partial charge < -0.3 is 4.42 Å². The van der Waals surface area contributed by atoms with E-state index in [-0.39, 0.29) is 11.4 Å². The Kier molecular flexibility index (Phi) is 5.08. The third-order valence-electron chi connectivity index (χ3n) is 7.44. The summed E-state index contributed by atoms with van der Waals surface area (Å²) in [6, 6.07) is 32.5. The Hall–Kier alpha value is -4.83. The molecule has 0 unspecified atom stereocenters. The monoisotopic (exact) mass is 495 g/mol. The molecule has 3 nitrogen and oxygen atoms in total. The first-order valence-corrected chi connectivity index (χ1v) is 12.6. The molecule has 1 aliphatic rings. The fourth-order valence-electron chi connectivity index (χ4n) is 5.55. The fraction of sp³-hybridized carbons (Fsp3) is 0.0588. The highest BCUT2D eigenvalue weighted by molar-refractivity contribution is 5.91. The van der Waals surface area contributed by atoms with Crippen molar-refractivity contribution in [3.05, 3.63) is 136 Å². The fourth-order valence-corrected chi connectivity index (χ4v) is 5.55. The Bertz CT molecular complexity index is 1920. The predicted molar refractivity (Wildman–Crippen MR) is 150 cm³/mol. The molecule has 0 amide bonds. The summed E-state index contributed by atoms with van der Waals surface area (Å²) in [4.78, 5) is 18.0. The zero-order valence-corrected chi connectivity index (χ0v) is 20.7. The van der Waals surface area contributed by atoms with Crippen molar-refractivity contribution >= 4 is 11.0 Å². The number of pyridine rings is 1. The van der Waals surface area contributed by atoms with Crippen molar-refractivity contribution in [1.29, 1.82) is 0 Å². The number of rotatable bonds is 3. The van der Waals surface area contributed by atoms with E-state index in [0.29, 0.717) is 11.1 Å². The molecule has 0 spiro atoms. The third-order valence-corrected chi connectivity index (χ3v) is 7.44. The van der Waals surface area contributed by atoms with E-state index in [1.54, 1.807) is 0 Å². The van der Waals surface area contributed by atoms with Gasteiger partial charge in [0.2, 0.25) is 0 Å². The minimum absolute atomic E-state index is 0.260. The molecule has 6 aromatic rings. The van der Waals surface area contributed by atoms with Gasteiger partial charge in [0.05, 0.1) is 17.0 Å². The molecule has 0 radical (unpaired) electrons. The number of fused-ring (bicyclic) bond motifs is 4. The molecule has 1 aliphatic carbocycles. The van der Waals surface area contributed by atoms with Crippen molar-refractivity contribution in [2.45, 2.75) is 13.3 Å². The number of aromatic nitrogens is 1. The summed E-state index contributed by atoms with van der Waals surface area (Å²) in [5.74, 6) is -0.260. The maximum Gasteiger partial charge on any atom is 0.344 e. The summed E-state index contributed by atoms with van der Waals surface area (Å²) in [5, 5.41) is 0.868. The van der Waals surface area contributed by atoms with Crippen LogP contribution in [0, 0.1) is 12.7 Å². The Balaban J connectivity index is 1.46. The van der Waals surface area contributed by atoms with Crippen LogP contribution in [-0.4, -0.2) is 4.98 Å². The van der Waals surface area contributed by atoms with Crippen LogP contribution in [0.15, 0.2) is 112 Å². The molecule has 182 valence electrons.